The third-order valence-corrected chi connectivity index (χ3v) is 3.26. The van der Waals surface area contributed by atoms with E-state index in [9.17, 15) is 4.39 Å². The average molecular weight is 219 g/mol. The normalized spacial score (nSPS) is 12.3. The minimum Gasteiger partial charge on any atom is -0.265 e. The highest BCUT2D eigenvalue weighted by molar-refractivity contribution is 7.15. The molecule has 0 aromatic carbocycles. The van der Waals surface area contributed by atoms with Crippen LogP contribution in [0.3, 0.4) is 0 Å². The van der Waals surface area contributed by atoms with Crippen molar-refractivity contribution in [1.82, 2.24) is 4.98 Å². The molecule has 3 heteroatoms. The molecule has 2 aromatic rings. The number of hydrogen-bond donors (Lipinski definition) is 0. The maximum absolute atomic E-state index is 13.3. The van der Waals surface area contributed by atoms with Crippen LogP contribution in [-0.4, -0.2) is 4.98 Å². The second-order valence-electron chi connectivity index (χ2n) is 3.08. The quantitative estimate of drug-likeness (QED) is 0.711. The van der Waals surface area contributed by atoms with E-state index in [1.54, 1.807) is 18.5 Å². The topological polar surface area (TPSA) is 12.9 Å². The first-order chi connectivity index (χ1) is 7.31. The van der Waals surface area contributed by atoms with Gasteiger partial charge in [-0.3, -0.25) is 4.98 Å². The molecule has 0 aliphatic rings. The zero-order valence-corrected chi connectivity index (χ0v) is 8.88. The van der Waals surface area contributed by atoms with E-state index in [-0.39, 0.29) is 0 Å². The van der Waals surface area contributed by atoms with Crippen molar-refractivity contribution in [2.24, 2.45) is 0 Å². The van der Waals surface area contributed by atoms with E-state index in [4.69, 9.17) is 0 Å². The molecule has 0 amide bonds. The first kappa shape index (κ1) is 10.1. The van der Waals surface area contributed by atoms with E-state index < -0.39 is 6.17 Å². The lowest BCUT2D eigenvalue weighted by molar-refractivity contribution is 0.421. The highest BCUT2D eigenvalue weighted by atomic mass is 32.1. The highest BCUT2D eigenvalue weighted by Crippen LogP contribution is 2.32. The molecule has 1 atom stereocenters. The van der Waals surface area contributed by atoms with Gasteiger partial charge in [-0.1, -0.05) is 12.7 Å². The molecule has 1 nitrogen and oxygen atoms in total. The minimum absolute atomic E-state index is 0.691. The number of aromatic nitrogens is 1. The number of allylic oxidation sites excluding steroid dienone is 1. The summed E-state index contributed by atoms with van der Waals surface area (Å²) in [6.07, 6.45) is 3.71. The Labute approximate surface area is 91.9 Å². The van der Waals surface area contributed by atoms with Gasteiger partial charge in [-0.25, -0.2) is 4.39 Å². The number of hydrogen-bond acceptors (Lipinski definition) is 2. The van der Waals surface area contributed by atoms with Crippen LogP contribution in [-0.2, 0) is 0 Å². The average Bonchev–Trinajstić information content (AvgIpc) is 2.78. The van der Waals surface area contributed by atoms with Crippen molar-refractivity contribution in [3.63, 3.8) is 0 Å². The Hall–Kier alpha value is -1.48. The van der Waals surface area contributed by atoms with Gasteiger partial charge in [-0.05, 0) is 29.8 Å². The second-order valence-corrected chi connectivity index (χ2v) is 4.19. The first-order valence-corrected chi connectivity index (χ1v) is 5.39. The molecule has 2 aromatic heterocycles. The maximum Gasteiger partial charge on any atom is 0.152 e. The molecule has 0 aliphatic heterocycles. The summed E-state index contributed by atoms with van der Waals surface area (Å²) < 4.78 is 13.3. The Balaban J connectivity index is 2.32. The number of rotatable bonds is 3. The molecule has 0 spiro atoms. The Morgan fingerprint density at radius 3 is 2.67 bits per heavy atom. The zero-order chi connectivity index (χ0) is 10.7. The Morgan fingerprint density at radius 1 is 1.27 bits per heavy atom. The lowest BCUT2D eigenvalue weighted by Gasteiger charge is -1.97. The summed E-state index contributed by atoms with van der Waals surface area (Å²) in [7, 11) is 0. The van der Waals surface area contributed by atoms with Crippen LogP contribution >= 0.6 is 11.3 Å². The summed E-state index contributed by atoms with van der Waals surface area (Å²) in [6, 6.07) is 7.55. The molecule has 0 fully saturated rings. The lowest BCUT2D eigenvalue weighted by Crippen LogP contribution is -1.78. The van der Waals surface area contributed by atoms with Gasteiger partial charge in [-0.15, -0.1) is 11.3 Å². The molecule has 0 saturated heterocycles. The number of nitrogens with zero attached hydrogens (tertiary/aromatic N) is 1. The molecule has 0 N–H and O–H groups in total. The third-order valence-electron chi connectivity index (χ3n) is 2.07. The third kappa shape index (κ3) is 2.13. The van der Waals surface area contributed by atoms with E-state index in [1.807, 2.05) is 18.2 Å². The fourth-order valence-corrected chi connectivity index (χ4v) is 2.28. The summed E-state index contributed by atoms with van der Waals surface area (Å²) in [6.45, 7) is 3.44. The van der Waals surface area contributed by atoms with Crippen LogP contribution in [0.25, 0.3) is 10.4 Å². The van der Waals surface area contributed by atoms with E-state index in [1.165, 1.54) is 17.4 Å². The van der Waals surface area contributed by atoms with E-state index in [0.717, 1.165) is 10.4 Å². The molecular weight excluding hydrogens is 209 g/mol. The number of halogens is 1. The monoisotopic (exact) mass is 219 g/mol. The summed E-state index contributed by atoms with van der Waals surface area (Å²) >= 11 is 1.44. The van der Waals surface area contributed by atoms with Crippen LogP contribution in [0.5, 0.6) is 0 Å². The SMILES string of the molecule is C=CC(F)c1ccc(-c2ccncc2)s1. The first-order valence-electron chi connectivity index (χ1n) is 4.58. The molecule has 76 valence electrons. The van der Waals surface area contributed by atoms with Crippen molar-refractivity contribution in [2.75, 3.05) is 0 Å². The predicted octanol–water partition coefficient (Wildman–Crippen LogP) is 4.01. The summed E-state index contributed by atoms with van der Waals surface area (Å²) in [5, 5.41) is 0. The number of pyridine rings is 1. The Morgan fingerprint density at radius 2 is 2.00 bits per heavy atom. The number of alkyl halides is 1. The van der Waals surface area contributed by atoms with Crippen LogP contribution in [0.4, 0.5) is 4.39 Å². The maximum atomic E-state index is 13.3. The van der Waals surface area contributed by atoms with Gasteiger partial charge >= 0.3 is 0 Å². The fourth-order valence-electron chi connectivity index (χ4n) is 1.29. The molecule has 2 heterocycles. The van der Waals surface area contributed by atoms with Crippen molar-refractivity contribution in [3.8, 4) is 10.4 Å². The van der Waals surface area contributed by atoms with Crippen LogP contribution in [0.1, 0.15) is 11.0 Å². The molecule has 2 rings (SSSR count). The van der Waals surface area contributed by atoms with Crippen molar-refractivity contribution in [2.45, 2.75) is 6.17 Å². The van der Waals surface area contributed by atoms with E-state index >= 15 is 0 Å². The standard InChI is InChI=1S/C12H10FNS/c1-2-10(13)12-4-3-11(15-12)9-5-7-14-8-6-9/h2-8,10H,1H2. The Bertz CT molecular complexity index is 450. The Kier molecular flexibility index (Phi) is 2.92. The van der Waals surface area contributed by atoms with Gasteiger partial charge in [0.25, 0.3) is 0 Å². The lowest BCUT2D eigenvalue weighted by atomic mass is 10.2. The van der Waals surface area contributed by atoms with Crippen molar-refractivity contribution in [3.05, 3.63) is 54.2 Å². The van der Waals surface area contributed by atoms with Gasteiger partial charge in [0.15, 0.2) is 6.17 Å². The van der Waals surface area contributed by atoms with Crippen molar-refractivity contribution >= 4 is 11.3 Å². The van der Waals surface area contributed by atoms with Crippen LogP contribution in [0.15, 0.2) is 49.3 Å². The molecule has 0 radical (unpaired) electrons. The van der Waals surface area contributed by atoms with Crippen molar-refractivity contribution < 1.29 is 4.39 Å². The second kappa shape index (κ2) is 4.36. The van der Waals surface area contributed by atoms with Gasteiger partial charge in [0.2, 0.25) is 0 Å². The smallest absolute Gasteiger partial charge is 0.152 e. The van der Waals surface area contributed by atoms with Gasteiger partial charge in [0, 0.05) is 22.1 Å². The number of thiophene rings is 1. The van der Waals surface area contributed by atoms with Crippen LogP contribution in [0.2, 0.25) is 0 Å². The van der Waals surface area contributed by atoms with E-state index in [0.29, 0.717) is 4.88 Å². The van der Waals surface area contributed by atoms with Gasteiger partial charge in [-0.2, -0.15) is 0 Å². The fraction of sp³-hybridized carbons (Fsp3) is 0.0833. The van der Waals surface area contributed by atoms with Gasteiger partial charge < -0.3 is 0 Å². The van der Waals surface area contributed by atoms with E-state index in [2.05, 4.69) is 11.6 Å². The van der Waals surface area contributed by atoms with Crippen LogP contribution in [0, 0.1) is 0 Å². The molecule has 0 bridgehead atoms. The summed E-state index contributed by atoms with van der Waals surface area (Å²) in [5.41, 5.74) is 1.07. The van der Waals surface area contributed by atoms with Gasteiger partial charge in [0.05, 0.1) is 0 Å². The largest absolute Gasteiger partial charge is 0.265 e. The highest BCUT2D eigenvalue weighted by Gasteiger charge is 2.09. The molecule has 1 unspecified atom stereocenters. The minimum atomic E-state index is -1.06. The molecule has 15 heavy (non-hydrogen) atoms. The predicted molar refractivity (Wildman–Crippen MR) is 61.6 cm³/mol. The molecule has 0 aliphatic carbocycles. The van der Waals surface area contributed by atoms with Crippen LogP contribution < -0.4 is 0 Å². The van der Waals surface area contributed by atoms with Gasteiger partial charge in [0.1, 0.15) is 0 Å². The van der Waals surface area contributed by atoms with Crippen molar-refractivity contribution in [1.29, 1.82) is 0 Å². The molecule has 0 saturated carbocycles. The summed E-state index contributed by atoms with van der Waals surface area (Å²) in [5.74, 6) is 0. The summed E-state index contributed by atoms with van der Waals surface area (Å²) in [4.78, 5) is 5.69. The molecular formula is C12H10FNS. The zero-order valence-electron chi connectivity index (χ0n) is 8.06.